The Morgan fingerprint density at radius 3 is 2.25 bits per heavy atom. The lowest BCUT2D eigenvalue weighted by atomic mass is 9.74. The van der Waals surface area contributed by atoms with Gasteiger partial charge in [-0.25, -0.2) is 0 Å². The second-order valence-electron chi connectivity index (χ2n) is 19.8. The number of hydrogen-bond donors (Lipinski definition) is 0. The number of aromatic nitrogens is 1. The van der Waals surface area contributed by atoms with Crippen LogP contribution in [-0.4, -0.2) is 11.7 Å². The summed E-state index contributed by atoms with van der Waals surface area (Å²) in [5.74, 6) is 1.24. The molecule has 9 rings (SSSR count). The Morgan fingerprint density at radius 1 is 0.845 bits per heavy atom. The number of aryl methyl sites for hydroxylation is 3. The maximum Gasteiger partial charge on any atom is 0.126 e. The third kappa shape index (κ3) is 9.78. The number of nitrogens with zero attached hydrogens (tertiary/aromatic N) is 1. The van der Waals surface area contributed by atoms with E-state index in [-0.39, 0.29) is 5.41 Å². The molecule has 360 valence electrons. The van der Waals surface area contributed by atoms with Crippen molar-refractivity contribution in [1.82, 2.24) is 4.57 Å². The Bertz CT molecular complexity index is 3380. The van der Waals surface area contributed by atoms with Gasteiger partial charge in [0.2, 0.25) is 0 Å². The molecule has 0 N–H and O–H groups in total. The Hall–Kier alpha value is -6.94. The first kappa shape index (κ1) is 50.4. The molecule has 2 heterocycles. The first-order valence-corrected chi connectivity index (χ1v) is 26.2. The van der Waals surface area contributed by atoms with Gasteiger partial charge in [-0.15, -0.1) is 11.3 Å². The highest BCUT2D eigenvalue weighted by Crippen LogP contribution is 2.55. The highest BCUT2D eigenvalue weighted by Gasteiger charge is 2.41. The number of allylic oxidation sites excluding steroid dienone is 12. The van der Waals surface area contributed by atoms with E-state index in [0.29, 0.717) is 5.92 Å². The zero-order valence-electron chi connectivity index (χ0n) is 43.8. The van der Waals surface area contributed by atoms with Crippen LogP contribution in [0.4, 0.5) is 0 Å². The summed E-state index contributed by atoms with van der Waals surface area (Å²) < 4.78 is 8.52. The van der Waals surface area contributed by atoms with E-state index < -0.39 is 0 Å². The van der Waals surface area contributed by atoms with Crippen LogP contribution in [0.25, 0.3) is 68.0 Å². The zero-order chi connectivity index (χ0) is 50.6. The summed E-state index contributed by atoms with van der Waals surface area (Å²) in [6.07, 6.45) is 25.5. The van der Waals surface area contributed by atoms with E-state index in [1.165, 1.54) is 92.8 Å². The Balaban J connectivity index is 0.000000889. The van der Waals surface area contributed by atoms with Gasteiger partial charge in [-0.1, -0.05) is 198 Å². The van der Waals surface area contributed by atoms with Gasteiger partial charge in [0.15, 0.2) is 0 Å². The van der Waals surface area contributed by atoms with E-state index in [1.807, 2.05) is 41.7 Å². The molecular weight excluding hydrogens is 879 g/mol. The number of methoxy groups -OCH3 is 1. The van der Waals surface area contributed by atoms with Crippen molar-refractivity contribution in [2.24, 2.45) is 5.92 Å². The third-order valence-corrected chi connectivity index (χ3v) is 15.7. The normalized spacial score (nSPS) is 15.4. The minimum absolute atomic E-state index is 0.140. The van der Waals surface area contributed by atoms with Crippen LogP contribution in [0.1, 0.15) is 116 Å². The van der Waals surface area contributed by atoms with Crippen molar-refractivity contribution in [2.75, 3.05) is 7.11 Å². The molecule has 0 saturated heterocycles. The maximum absolute atomic E-state index is 6.00. The van der Waals surface area contributed by atoms with Crippen LogP contribution in [-0.2, 0) is 18.3 Å². The third-order valence-electron chi connectivity index (χ3n) is 14.5. The van der Waals surface area contributed by atoms with Crippen molar-refractivity contribution in [3.63, 3.8) is 0 Å². The van der Waals surface area contributed by atoms with E-state index in [4.69, 9.17) is 4.74 Å². The monoisotopic (exact) mass is 950 g/mol. The van der Waals surface area contributed by atoms with Crippen molar-refractivity contribution in [2.45, 2.75) is 93.4 Å². The Labute approximate surface area is 428 Å². The molecule has 3 heteroatoms. The molecule has 2 nitrogen and oxygen atoms in total. The molecule has 0 bridgehead atoms. The molecule has 0 saturated carbocycles. The molecule has 2 aliphatic rings. The van der Waals surface area contributed by atoms with Crippen molar-refractivity contribution in [1.29, 1.82) is 0 Å². The highest BCUT2D eigenvalue weighted by atomic mass is 32.1. The molecule has 5 aromatic carbocycles. The van der Waals surface area contributed by atoms with E-state index in [9.17, 15) is 0 Å². The lowest BCUT2D eigenvalue weighted by molar-refractivity contribution is 0.413. The van der Waals surface area contributed by atoms with Gasteiger partial charge in [-0.3, -0.25) is 0 Å². The van der Waals surface area contributed by atoms with Crippen LogP contribution in [0.3, 0.4) is 0 Å². The maximum atomic E-state index is 6.00. The van der Waals surface area contributed by atoms with E-state index in [1.54, 1.807) is 12.7 Å². The summed E-state index contributed by atoms with van der Waals surface area (Å²) in [5, 5.41) is 2.64. The van der Waals surface area contributed by atoms with E-state index in [2.05, 4.69) is 214 Å². The summed E-state index contributed by atoms with van der Waals surface area (Å²) in [5.41, 5.74) is 22.9. The van der Waals surface area contributed by atoms with Crippen molar-refractivity contribution in [3.8, 4) is 22.6 Å². The van der Waals surface area contributed by atoms with Gasteiger partial charge in [-0.2, -0.15) is 0 Å². The molecule has 0 amide bonds. The number of fused-ring (bicyclic) bond motifs is 5. The summed E-state index contributed by atoms with van der Waals surface area (Å²) >= 11 is 1.88. The van der Waals surface area contributed by atoms with Crippen LogP contribution >= 0.6 is 11.3 Å². The smallest absolute Gasteiger partial charge is 0.126 e. The molecule has 7 aromatic rings. The molecule has 71 heavy (non-hydrogen) atoms. The fourth-order valence-electron chi connectivity index (χ4n) is 10.9. The SMILES string of the molecule is C=C/C=C(\C=C/C)c1cc(-n2c3cc4c(cc3c3c(CCC)c(-c5ccccc5C)ccc32)C2=C(CC(C)C(Cc3sc(C=C)c(/C=C\C)c3/C=C\C(=C)C)=C2)C4(C)C)ccc1OC.Cc1ccccc1. The number of ether oxygens (including phenoxy) is 1. The zero-order valence-corrected chi connectivity index (χ0v) is 44.6. The standard InChI is InChI=1S/C61H63NOS.C7H8/c1-13-20-41(21-14-2)49-35-43(27-31-57(49)63-12)62-55-30-29-45(44-25-19-18-24-39(44)8)48(23-16-4)60(55)52-36-51-50-33-42(40(9)32-53(50)61(10,11)54(51)37-56(52)62)34-59-47(28-26-38(6)7)46(22-15-3)58(17-5)64-59;1-7-5-3-2-4-6-7/h13-15,17-22,24-31,33,35-37,40H,1,5-6,16,23,32,34H2,2-4,7-12H3;2-6H,1H3/b21-14-,22-15-,28-26-,41-20+;. The van der Waals surface area contributed by atoms with Crippen LogP contribution < -0.4 is 4.74 Å². The Morgan fingerprint density at radius 2 is 1.61 bits per heavy atom. The number of thiophene rings is 1. The molecular formula is C68H71NOS. The van der Waals surface area contributed by atoms with Crippen LogP contribution in [0, 0.1) is 19.8 Å². The van der Waals surface area contributed by atoms with E-state index >= 15 is 0 Å². The molecule has 1 unspecified atom stereocenters. The second-order valence-corrected chi connectivity index (χ2v) is 21.0. The fraction of sp³-hybridized carbons (Fsp3) is 0.235. The quantitative estimate of drug-likeness (QED) is 0.0991. The highest BCUT2D eigenvalue weighted by molar-refractivity contribution is 7.13. The molecule has 2 aliphatic carbocycles. The summed E-state index contributed by atoms with van der Waals surface area (Å²) in [7, 11) is 1.75. The molecule has 0 radical (unpaired) electrons. The molecule has 0 aliphatic heterocycles. The molecule has 0 fully saturated rings. The van der Waals surface area contributed by atoms with Crippen LogP contribution in [0.2, 0.25) is 0 Å². The lowest BCUT2D eigenvalue weighted by Gasteiger charge is -2.30. The number of rotatable bonds is 14. The van der Waals surface area contributed by atoms with Gasteiger partial charge >= 0.3 is 0 Å². The average Bonchev–Trinajstić information content (AvgIpc) is 3.94. The summed E-state index contributed by atoms with van der Waals surface area (Å²) in [6, 6.07) is 35.6. The molecule has 0 spiro atoms. The van der Waals surface area contributed by atoms with Crippen molar-refractivity contribution in [3.05, 3.63) is 230 Å². The van der Waals surface area contributed by atoms with Crippen molar-refractivity contribution >= 4 is 62.5 Å². The van der Waals surface area contributed by atoms with Crippen LogP contribution in [0.15, 0.2) is 176 Å². The van der Waals surface area contributed by atoms with E-state index in [0.717, 1.165) is 53.8 Å². The largest absolute Gasteiger partial charge is 0.496 e. The minimum Gasteiger partial charge on any atom is -0.496 e. The topological polar surface area (TPSA) is 14.2 Å². The summed E-state index contributed by atoms with van der Waals surface area (Å²) in [4.78, 5) is 2.60. The second kappa shape index (κ2) is 21.6. The molecule has 1 atom stereocenters. The van der Waals surface area contributed by atoms with Gasteiger partial charge in [0.05, 0.1) is 18.1 Å². The van der Waals surface area contributed by atoms with Gasteiger partial charge < -0.3 is 9.30 Å². The predicted molar refractivity (Wildman–Crippen MR) is 314 cm³/mol. The fourth-order valence-corrected chi connectivity index (χ4v) is 12.1. The Kier molecular flexibility index (Phi) is 15.3. The number of benzene rings is 5. The van der Waals surface area contributed by atoms with Gasteiger partial charge in [0.25, 0.3) is 0 Å². The van der Waals surface area contributed by atoms with Gasteiger partial charge in [-0.05, 0) is 145 Å². The summed E-state index contributed by atoms with van der Waals surface area (Å²) in [6.45, 7) is 32.6. The first-order chi connectivity index (χ1) is 34.3. The minimum atomic E-state index is -0.140. The average molecular weight is 950 g/mol. The van der Waals surface area contributed by atoms with Gasteiger partial charge in [0, 0.05) is 43.6 Å². The van der Waals surface area contributed by atoms with Crippen molar-refractivity contribution < 1.29 is 4.74 Å². The number of hydrogen-bond acceptors (Lipinski definition) is 2. The predicted octanol–water partition coefficient (Wildman–Crippen LogP) is 19.4. The first-order valence-electron chi connectivity index (χ1n) is 25.3. The molecule has 2 aromatic heterocycles. The lowest BCUT2D eigenvalue weighted by Crippen LogP contribution is -2.21. The van der Waals surface area contributed by atoms with Crippen LogP contribution in [0.5, 0.6) is 5.75 Å². The van der Waals surface area contributed by atoms with Gasteiger partial charge in [0.1, 0.15) is 5.75 Å².